The lowest BCUT2D eigenvalue weighted by Crippen LogP contribution is -2.40. The van der Waals surface area contributed by atoms with Gasteiger partial charge in [-0.2, -0.15) is 0 Å². The zero-order valence-electron chi connectivity index (χ0n) is 10.7. The first-order chi connectivity index (χ1) is 9.29. The topological polar surface area (TPSA) is 40.5 Å². The molecular formula is C15H17NO2S. The van der Waals surface area contributed by atoms with Crippen molar-refractivity contribution in [1.29, 1.82) is 0 Å². The molecule has 1 aliphatic heterocycles. The monoisotopic (exact) mass is 275 g/mol. The third-order valence-corrected chi connectivity index (χ3v) is 4.74. The minimum absolute atomic E-state index is 0.107. The third-order valence-electron chi connectivity index (χ3n) is 3.78. The Balaban J connectivity index is 1.87. The summed E-state index contributed by atoms with van der Waals surface area (Å²) in [6.45, 7) is 1.66. The number of carbonyl (C=O) groups excluding carboxylic acids is 1. The van der Waals surface area contributed by atoms with Crippen LogP contribution in [-0.2, 0) is 0 Å². The van der Waals surface area contributed by atoms with Gasteiger partial charge in [0.15, 0.2) is 0 Å². The molecule has 1 aliphatic rings. The average molecular weight is 275 g/mol. The van der Waals surface area contributed by atoms with Crippen molar-refractivity contribution in [2.24, 2.45) is 5.92 Å². The molecule has 19 heavy (non-hydrogen) atoms. The molecule has 1 aromatic carbocycles. The molecule has 1 saturated heterocycles. The number of hydrogen-bond acceptors (Lipinski definition) is 3. The van der Waals surface area contributed by atoms with Gasteiger partial charge in [-0.3, -0.25) is 4.79 Å². The molecule has 1 atom stereocenters. The zero-order valence-corrected chi connectivity index (χ0v) is 11.5. The molecule has 4 heteroatoms. The van der Waals surface area contributed by atoms with E-state index < -0.39 is 0 Å². The van der Waals surface area contributed by atoms with E-state index >= 15 is 0 Å². The largest absolute Gasteiger partial charge is 0.396 e. The molecule has 3 nitrogen and oxygen atoms in total. The fourth-order valence-electron chi connectivity index (χ4n) is 2.71. The minimum atomic E-state index is 0.107. The van der Waals surface area contributed by atoms with E-state index in [1.165, 1.54) is 0 Å². The zero-order chi connectivity index (χ0) is 13.2. The Hall–Kier alpha value is -1.39. The van der Waals surface area contributed by atoms with Crippen LogP contribution in [0.15, 0.2) is 29.6 Å². The molecule has 1 unspecified atom stereocenters. The van der Waals surface area contributed by atoms with Crippen molar-refractivity contribution < 1.29 is 9.90 Å². The molecule has 3 rings (SSSR count). The molecular weight excluding hydrogens is 258 g/mol. The van der Waals surface area contributed by atoms with Crippen LogP contribution in [0.25, 0.3) is 10.1 Å². The second-order valence-electron chi connectivity index (χ2n) is 5.09. The van der Waals surface area contributed by atoms with E-state index in [1.807, 2.05) is 34.5 Å². The van der Waals surface area contributed by atoms with E-state index in [0.29, 0.717) is 6.54 Å². The first-order valence-electron chi connectivity index (χ1n) is 6.66. The van der Waals surface area contributed by atoms with Gasteiger partial charge < -0.3 is 10.0 Å². The van der Waals surface area contributed by atoms with E-state index in [1.54, 1.807) is 11.3 Å². The Morgan fingerprint density at radius 1 is 1.42 bits per heavy atom. The van der Waals surface area contributed by atoms with E-state index in [-0.39, 0.29) is 18.4 Å². The molecule has 0 aliphatic carbocycles. The van der Waals surface area contributed by atoms with Crippen molar-refractivity contribution >= 4 is 27.3 Å². The highest BCUT2D eigenvalue weighted by molar-refractivity contribution is 7.17. The Labute approximate surface area is 116 Å². The van der Waals surface area contributed by atoms with Crippen LogP contribution >= 0.6 is 11.3 Å². The maximum absolute atomic E-state index is 12.6. The second-order valence-corrected chi connectivity index (χ2v) is 6.00. The number of benzene rings is 1. The fourth-order valence-corrected chi connectivity index (χ4v) is 3.65. The maximum atomic E-state index is 12.6. The summed E-state index contributed by atoms with van der Waals surface area (Å²) in [5, 5.41) is 12.3. The molecule has 1 aromatic heterocycles. The molecule has 1 N–H and O–H groups in total. The normalized spacial score (nSPS) is 19.8. The summed E-state index contributed by atoms with van der Waals surface area (Å²) in [6, 6.07) is 8.02. The van der Waals surface area contributed by atoms with Crippen molar-refractivity contribution in [3.8, 4) is 0 Å². The number of thiophene rings is 1. The Morgan fingerprint density at radius 2 is 2.26 bits per heavy atom. The van der Waals surface area contributed by atoms with E-state index in [0.717, 1.165) is 35.0 Å². The molecule has 0 saturated carbocycles. The van der Waals surface area contributed by atoms with Crippen LogP contribution in [0.4, 0.5) is 0 Å². The van der Waals surface area contributed by atoms with Crippen LogP contribution in [0.1, 0.15) is 23.2 Å². The minimum Gasteiger partial charge on any atom is -0.396 e. The summed E-state index contributed by atoms with van der Waals surface area (Å²) in [4.78, 5) is 14.5. The number of hydrogen-bond donors (Lipinski definition) is 1. The highest BCUT2D eigenvalue weighted by Crippen LogP contribution is 2.28. The average Bonchev–Trinajstić information content (AvgIpc) is 2.90. The smallest absolute Gasteiger partial charge is 0.255 e. The summed E-state index contributed by atoms with van der Waals surface area (Å²) in [7, 11) is 0. The van der Waals surface area contributed by atoms with Gasteiger partial charge in [-0.05, 0) is 24.8 Å². The number of carbonyl (C=O) groups is 1. The molecule has 0 bridgehead atoms. The van der Waals surface area contributed by atoms with Crippen molar-refractivity contribution in [3.63, 3.8) is 0 Å². The van der Waals surface area contributed by atoms with Gasteiger partial charge >= 0.3 is 0 Å². The van der Waals surface area contributed by atoms with Crippen LogP contribution in [-0.4, -0.2) is 35.6 Å². The van der Waals surface area contributed by atoms with Gasteiger partial charge in [0, 0.05) is 35.2 Å². The highest BCUT2D eigenvalue weighted by atomic mass is 32.1. The Kier molecular flexibility index (Phi) is 3.53. The van der Waals surface area contributed by atoms with Crippen LogP contribution in [0.5, 0.6) is 0 Å². The van der Waals surface area contributed by atoms with Crippen LogP contribution in [0, 0.1) is 5.92 Å². The number of amides is 1. The predicted octanol–water partition coefficient (Wildman–Crippen LogP) is 2.75. The summed E-state index contributed by atoms with van der Waals surface area (Å²) in [5.74, 6) is 0.346. The van der Waals surface area contributed by atoms with Gasteiger partial charge in [-0.1, -0.05) is 18.2 Å². The summed E-state index contributed by atoms with van der Waals surface area (Å²) < 4.78 is 1.15. The van der Waals surface area contributed by atoms with Crippen molar-refractivity contribution in [1.82, 2.24) is 4.90 Å². The SMILES string of the molecule is O=C(c1csc2ccccc12)N1CCCC(CO)C1. The van der Waals surface area contributed by atoms with E-state index in [2.05, 4.69) is 0 Å². The van der Waals surface area contributed by atoms with Gasteiger partial charge in [0.1, 0.15) is 0 Å². The molecule has 100 valence electrons. The van der Waals surface area contributed by atoms with Gasteiger partial charge in [-0.15, -0.1) is 11.3 Å². The van der Waals surface area contributed by atoms with Gasteiger partial charge in [0.05, 0.1) is 5.56 Å². The van der Waals surface area contributed by atoms with Crippen LogP contribution < -0.4 is 0 Å². The van der Waals surface area contributed by atoms with Crippen LogP contribution in [0.3, 0.4) is 0 Å². The lowest BCUT2D eigenvalue weighted by molar-refractivity contribution is 0.0623. The highest BCUT2D eigenvalue weighted by Gasteiger charge is 2.25. The standard InChI is InChI=1S/C15H17NO2S/c17-9-11-4-3-7-16(8-11)15(18)13-10-19-14-6-2-1-5-12(13)14/h1-2,5-6,10-11,17H,3-4,7-9H2. The van der Waals surface area contributed by atoms with Crippen molar-refractivity contribution in [2.75, 3.05) is 19.7 Å². The Bertz CT molecular complexity index is 593. The lowest BCUT2D eigenvalue weighted by atomic mass is 9.98. The number of fused-ring (bicyclic) bond motifs is 1. The van der Waals surface area contributed by atoms with Crippen LogP contribution in [0.2, 0.25) is 0 Å². The molecule has 1 fully saturated rings. The van der Waals surface area contributed by atoms with Gasteiger partial charge in [0.2, 0.25) is 0 Å². The summed E-state index contributed by atoms with van der Waals surface area (Å²) in [6.07, 6.45) is 2.00. The third kappa shape index (κ3) is 2.38. The molecule has 0 radical (unpaired) electrons. The van der Waals surface area contributed by atoms with E-state index in [9.17, 15) is 9.90 Å². The fraction of sp³-hybridized carbons (Fsp3) is 0.400. The predicted molar refractivity (Wildman–Crippen MR) is 77.5 cm³/mol. The number of piperidine rings is 1. The van der Waals surface area contributed by atoms with Crippen molar-refractivity contribution in [2.45, 2.75) is 12.8 Å². The second kappa shape index (κ2) is 5.31. The van der Waals surface area contributed by atoms with Gasteiger partial charge in [0.25, 0.3) is 5.91 Å². The lowest BCUT2D eigenvalue weighted by Gasteiger charge is -2.31. The van der Waals surface area contributed by atoms with Gasteiger partial charge in [-0.25, -0.2) is 0 Å². The first-order valence-corrected chi connectivity index (χ1v) is 7.54. The molecule has 2 heterocycles. The Morgan fingerprint density at radius 3 is 3.11 bits per heavy atom. The quantitative estimate of drug-likeness (QED) is 0.915. The van der Waals surface area contributed by atoms with Crippen molar-refractivity contribution in [3.05, 3.63) is 35.2 Å². The number of aliphatic hydroxyl groups is 1. The number of nitrogens with zero attached hydrogens (tertiary/aromatic N) is 1. The first kappa shape index (κ1) is 12.6. The maximum Gasteiger partial charge on any atom is 0.255 e. The summed E-state index contributed by atoms with van der Waals surface area (Å²) in [5.41, 5.74) is 0.805. The number of rotatable bonds is 2. The number of aliphatic hydroxyl groups excluding tert-OH is 1. The van der Waals surface area contributed by atoms with E-state index in [4.69, 9.17) is 0 Å². The number of likely N-dealkylation sites (tertiary alicyclic amines) is 1. The summed E-state index contributed by atoms with van der Waals surface area (Å²) >= 11 is 1.62. The molecule has 0 spiro atoms. The molecule has 1 amide bonds. The molecule has 2 aromatic rings.